The summed E-state index contributed by atoms with van der Waals surface area (Å²) in [7, 11) is 0. The molecule has 0 aromatic carbocycles. The minimum Gasteiger partial charge on any atom is -0.332 e. The van der Waals surface area contributed by atoms with Crippen LogP contribution in [0, 0.1) is 11.3 Å². The van der Waals surface area contributed by atoms with Crippen molar-refractivity contribution in [3.63, 3.8) is 0 Å². The van der Waals surface area contributed by atoms with E-state index in [2.05, 4.69) is 31.2 Å². The molecule has 4 nitrogen and oxygen atoms in total. The van der Waals surface area contributed by atoms with Gasteiger partial charge in [-0.15, -0.1) is 11.3 Å². The molecule has 15 heavy (non-hydrogen) atoms. The molecule has 0 bridgehead atoms. The fourth-order valence-electron chi connectivity index (χ4n) is 0.992. The van der Waals surface area contributed by atoms with Crippen LogP contribution in [0.3, 0.4) is 0 Å². The number of nitriles is 1. The lowest BCUT2D eigenvalue weighted by atomic mass is 10.4. The van der Waals surface area contributed by atoms with Gasteiger partial charge < -0.3 is 5.32 Å². The number of aromatic nitrogens is 2. The minimum absolute atomic E-state index is 0.350. The molecule has 0 amide bonds. The van der Waals surface area contributed by atoms with Crippen molar-refractivity contribution in [2.75, 3.05) is 5.32 Å². The summed E-state index contributed by atoms with van der Waals surface area (Å²) in [4.78, 5) is 7.80. The fraction of sp³-hybridized carbons (Fsp3) is 0. The second-order valence-electron chi connectivity index (χ2n) is 2.65. The Morgan fingerprint density at radius 3 is 2.93 bits per heavy atom. The fourth-order valence-corrected chi connectivity index (χ4v) is 2.32. The zero-order valence-corrected chi connectivity index (χ0v) is 9.84. The third kappa shape index (κ3) is 2.52. The van der Waals surface area contributed by atoms with Gasteiger partial charge in [-0.25, -0.2) is 9.97 Å². The minimum atomic E-state index is 0.350. The van der Waals surface area contributed by atoms with E-state index in [1.807, 2.05) is 17.5 Å². The van der Waals surface area contributed by atoms with E-state index in [4.69, 9.17) is 5.26 Å². The van der Waals surface area contributed by atoms with E-state index >= 15 is 0 Å². The first-order chi connectivity index (χ1) is 7.28. The largest absolute Gasteiger partial charge is 0.332 e. The molecule has 0 aliphatic rings. The summed E-state index contributed by atoms with van der Waals surface area (Å²) in [5.74, 6) is 0.621. The number of hydrogen-bond donors (Lipinski definition) is 1. The summed E-state index contributed by atoms with van der Waals surface area (Å²) in [6.07, 6.45) is 1.36. The number of hydrogen-bond acceptors (Lipinski definition) is 5. The van der Waals surface area contributed by atoms with Gasteiger partial charge in [-0.05, 0) is 22.0 Å². The Balaban J connectivity index is 2.21. The molecule has 2 aromatic rings. The van der Waals surface area contributed by atoms with Gasteiger partial charge in [0, 0.05) is 15.9 Å². The second kappa shape index (κ2) is 4.38. The first-order valence-electron chi connectivity index (χ1n) is 4.01. The molecule has 2 heterocycles. The Hall–Kier alpha value is -1.45. The van der Waals surface area contributed by atoms with Gasteiger partial charge in [0.1, 0.15) is 23.9 Å². The van der Waals surface area contributed by atoms with E-state index in [0.29, 0.717) is 11.5 Å². The Bertz CT molecular complexity index is 517. The molecule has 0 saturated carbocycles. The normalized spacial score (nSPS) is 9.60. The van der Waals surface area contributed by atoms with E-state index in [1.54, 1.807) is 17.4 Å². The topological polar surface area (TPSA) is 61.6 Å². The van der Waals surface area contributed by atoms with Crippen LogP contribution < -0.4 is 5.32 Å². The zero-order valence-electron chi connectivity index (χ0n) is 7.44. The number of halogens is 1. The Morgan fingerprint density at radius 1 is 1.40 bits per heavy atom. The van der Waals surface area contributed by atoms with E-state index < -0.39 is 0 Å². The van der Waals surface area contributed by atoms with Crippen molar-refractivity contribution in [1.29, 1.82) is 5.26 Å². The Kier molecular flexibility index (Phi) is 2.94. The highest BCUT2D eigenvalue weighted by Gasteiger charge is 2.00. The molecular formula is C9H5BrN4S. The lowest BCUT2D eigenvalue weighted by molar-refractivity contribution is 1.14. The molecule has 0 spiro atoms. The summed E-state index contributed by atoms with van der Waals surface area (Å²) in [6.45, 7) is 0. The van der Waals surface area contributed by atoms with Gasteiger partial charge in [0.05, 0.1) is 5.00 Å². The van der Waals surface area contributed by atoms with Gasteiger partial charge >= 0.3 is 0 Å². The van der Waals surface area contributed by atoms with Crippen molar-refractivity contribution in [2.45, 2.75) is 0 Å². The zero-order chi connectivity index (χ0) is 10.7. The predicted octanol–water partition coefficient (Wildman–Crippen LogP) is 2.92. The van der Waals surface area contributed by atoms with Crippen LogP contribution in [0.25, 0.3) is 0 Å². The third-order valence-corrected chi connectivity index (χ3v) is 3.21. The van der Waals surface area contributed by atoms with Crippen LogP contribution >= 0.6 is 27.3 Å². The molecule has 0 atom stereocenters. The Labute approximate surface area is 98.7 Å². The third-order valence-electron chi connectivity index (χ3n) is 1.60. The first kappa shape index (κ1) is 10.1. The molecular weight excluding hydrogens is 276 g/mol. The summed E-state index contributed by atoms with van der Waals surface area (Å²) in [5, 5.41) is 14.7. The highest BCUT2D eigenvalue weighted by Crippen LogP contribution is 2.26. The van der Waals surface area contributed by atoms with Gasteiger partial charge in [-0.2, -0.15) is 5.26 Å². The summed E-state index contributed by atoms with van der Waals surface area (Å²) < 4.78 is 1.02. The Morgan fingerprint density at radius 2 is 2.27 bits per heavy atom. The second-order valence-corrected chi connectivity index (χ2v) is 4.48. The van der Waals surface area contributed by atoms with Crippen molar-refractivity contribution in [3.8, 4) is 6.07 Å². The van der Waals surface area contributed by atoms with Crippen molar-refractivity contribution in [3.05, 3.63) is 34.0 Å². The van der Waals surface area contributed by atoms with E-state index in [-0.39, 0.29) is 0 Å². The van der Waals surface area contributed by atoms with Gasteiger partial charge in [0.15, 0.2) is 0 Å². The van der Waals surface area contributed by atoms with Crippen LogP contribution in [0.2, 0.25) is 0 Å². The van der Waals surface area contributed by atoms with Gasteiger partial charge in [-0.3, -0.25) is 0 Å². The van der Waals surface area contributed by atoms with E-state index in [9.17, 15) is 0 Å². The van der Waals surface area contributed by atoms with E-state index in [0.717, 1.165) is 9.47 Å². The summed E-state index contributed by atoms with van der Waals surface area (Å²) >= 11 is 4.92. The van der Waals surface area contributed by atoms with Crippen LogP contribution in [0.15, 0.2) is 28.3 Å². The molecule has 74 valence electrons. The average Bonchev–Trinajstić information content (AvgIpc) is 2.64. The van der Waals surface area contributed by atoms with Crippen LogP contribution in [-0.4, -0.2) is 9.97 Å². The van der Waals surface area contributed by atoms with Crippen LogP contribution in [0.1, 0.15) is 5.69 Å². The highest BCUT2D eigenvalue weighted by atomic mass is 79.9. The molecule has 6 heteroatoms. The number of rotatable bonds is 2. The van der Waals surface area contributed by atoms with Gasteiger partial charge in [0.25, 0.3) is 0 Å². The van der Waals surface area contributed by atoms with Gasteiger partial charge in [0.2, 0.25) is 0 Å². The van der Waals surface area contributed by atoms with Crippen molar-refractivity contribution in [1.82, 2.24) is 9.97 Å². The standard InChI is InChI=1S/C9H5BrN4S/c10-6-1-9(15-4-6)14-8-2-7(3-11)12-5-13-8/h1-2,4-5H,(H,12,13,14). The number of thiophene rings is 1. The van der Waals surface area contributed by atoms with Crippen LogP contribution in [0.4, 0.5) is 10.8 Å². The molecule has 0 unspecified atom stereocenters. The lowest BCUT2D eigenvalue weighted by Crippen LogP contribution is -1.93. The number of nitrogens with zero attached hydrogens (tertiary/aromatic N) is 3. The molecule has 0 aliphatic heterocycles. The summed E-state index contributed by atoms with van der Waals surface area (Å²) in [6, 6.07) is 5.51. The van der Waals surface area contributed by atoms with Crippen LogP contribution in [0.5, 0.6) is 0 Å². The van der Waals surface area contributed by atoms with Crippen molar-refractivity contribution < 1.29 is 0 Å². The van der Waals surface area contributed by atoms with E-state index in [1.165, 1.54) is 6.33 Å². The predicted molar refractivity (Wildman–Crippen MR) is 62.0 cm³/mol. The molecule has 1 N–H and O–H groups in total. The monoisotopic (exact) mass is 280 g/mol. The summed E-state index contributed by atoms with van der Waals surface area (Å²) in [5.41, 5.74) is 0.350. The molecule has 0 saturated heterocycles. The maximum Gasteiger partial charge on any atom is 0.145 e. The van der Waals surface area contributed by atoms with Crippen LogP contribution in [-0.2, 0) is 0 Å². The number of nitrogens with one attached hydrogen (secondary N) is 1. The highest BCUT2D eigenvalue weighted by molar-refractivity contribution is 9.10. The van der Waals surface area contributed by atoms with Crippen molar-refractivity contribution in [2.24, 2.45) is 0 Å². The molecule has 0 radical (unpaired) electrons. The number of anilines is 2. The molecule has 2 aromatic heterocycles. The maximum atomic E-state index is 8.66. The maximum absolute atomic E-state index is 8.66. The smallest absolute Gasteiger partial charge is 0.145 e. The SMILES string of the molecule is N#Cc1cc(Nc2cc(Br)cs2)ncn1. The lowest BCUT2D eigenvalue weighted by Gasteiger charge is -2.00. The van der Waals surface area contributed by atoms with Crippen molar-refractivity contribution >= 4 is 38.1 Å². The van der Waals surface area contributed by atoms with Gasteiger partial charge in [-0.1, -0.05) is 0 Å². The molecule has 0 aliphatic carbocycles. The quantitative estimate of drug-likeness (QED) is 0.919. The molecule has 2 rings (SSSR count). The average molecular weight is 281 g/mol. The molecule has 0 fully saturated rings. The first-order valence-corrected chi connectivity index (χ1v) is 5.68.